The summed E-state index contributed by atoms with van der Waals surface area (Å²) in [6, 6.07) is 13.6. The van der Waals surface area contributed by atoms with Gasteiger partial charge >= 0.3 is 0 Å². The van der Waals surface area contributed by atoms with Crippen molar-refractivity contribution in [1.82, 2.24) is 9.80 Å². The Morgan fingerprint density at radius 1 is 1.00 bits per heavy atom. The maximum Gasteiger partial charge on any atom is 0.255 e. The van der Waals surface area contributed by atoms with Gasteiger partial charge in [0.1, 0.15) is 0 Å². The maximum atomic E-state index is 12.7. The highest BCUT2D eigenvalue weighted by Gasteiger charge is 2.20. The molecule has 6 heteroatoms. The van der Waals surface area contributed by atoms with Crippen molar-refractivity contribution in [2.75, 3.05) is 50.0 Å². The van der Waals surface area contributed by atoms with Crippen LogP contribution in [0.2, 0.25) is 0 Å². The molecular formula is C24H30N4O2. The molecule has 158 valence electrons. The number of nitrogens with one attached hydrogen (secondary N) is 1. The van der Waals surface area contributed by atoms with Crippen molar-refractivity contribution >= 4 is 23.2 Å². The van der Waals surface area contributed by atoms with Crippen molar-refractivity contribution in [3.8, 4) is 0 Å². The molecule has 0 bridgehead atoms. The van der Waals surface area contributed by atoms with Gasteiger partial charge < -0.3 is 20.0 Å². The summed E-state index contributed by atoms with van der Waals surface area (Å²) in [6.45, 7) is 7.73. The minimum absolute atomic E-state index is 0.120. The van der Waals surface area contributed by atoms with Crippen LogP contribution in [0.4, 0.5) is 11.4 Å². The number of carbonyl (C=O) groups is 2. The fraction of sp³-hybridized carbons (Fsp3) is 0.417. The molecule has 4 rings (SSSR count). The van der Waals surface area contributed by atoms with Gasteiger partial charge in [-0.15, -0.1) is 0 Å². The first-order valence-electron chi connectivity index (χ1n) is 10.7. The van der Waals surface area contributed by atoms with Crippen LogP contribution in [0.5, 0.6) is 0 Å². The summed E-state index contributed by atoms with van der Waals surface area (Å²) < 4.78 is 0. The zero-order chi connectivity index (χ0) is 21.1. The second-order valence-corrected chi connectivity index (χ2v) is 8.36. The number of likely N-dealkylation sites (N-methyl/N-ethyl adjacent to an activating group) is 1. The largest absolute Gasteiger partial charge is 0.369 e. The van der Waals surface area contributed by atoms with Gasteiger partial charge in [-0.2, -0.15) is 0 Å². The average Bonchev–Trinajstić information content (AvgIpc) is 3.14. The third kappa shape index (κ3) is 4.65. The lowest BCUT2D eigenvalue weighted by molar-refractivity contribution is -0.128. The van der Waals surface area contributed by atoms with Crippen molar-refractivity contribution in [3.63, 3.8) is 0 Å². The summed E-state index contributed by atoms with van der Waals surface area (Å²) >= 11 is 0. The number of aryl methyl sites for hydroxylation is 1. The van der Waals surface area contributed by atoms with Gasteiger partial charge in [0.2, 0.25) is 5.91 Å². The van der Waals surface area contributed by atoms with E-state index in [1.165, 1.54) is 11.3 Å². The molecule has 1 N–H and O–H groups in total. The third-order valence-corrected chi connectivity index (χ3v) is 6.06. The van der Waals surface area contributed by atoms with Gasteiger partial charge in [-0.3, -0.25) is 9.59 Å². The van der Waals surface area contributed by atoms with E-state index in [1.807, 2.05) is 41.3 Å². The summed E-state index contributed by atoms with van der Waals surface area (Å²) in [5, 5.41) is 3.01. The van der Waals surface area contributed by atoms with Crippen molar-refractivity contribution < 1.29 is 9.59 Å². The first-order valence-corrected chi connectivity index (χ1v) is 10.7. The zero-order valence-corrected chi connectivity index (χ0v) is 17.9. The standard InChI is InChI=1S/C24H30N4O2/c1-18-16-21(9-10-22(18)27-14-12-26(2)13-15-27)25-24(30)20-7-5-19(6-8-20)17-28-11-3-4-23(28)29/h5-10,16H,3-4,11-15,17H2,1-2H3,(H,25,30). The second-order valence-electron chi connectivity index (χ2n) is 8.36. The molecule has 0 aliphatic carbocycles. The molecule has 2 aliphatic rings. The molecule has 0 atom stereocenters. The van der Waals surface area contributed by atoms with E-state index < -0.39 is 0 Å². The minimum atomic E-state index is -0.120. The Kier molecular flexibility index (Phi) is 6.04. The normalized spacial score (nSPS) is 17.5. The van der Waals surface area contributed by atoms with Crippen molar-refractivity contribution in [2.24, 2.45) is 0 Å². The summed E-state index contributed by atoms with van der Waals surface area (Å²) in [5.74, 6) is 0.0951. The van der Waals surface area contributed by atoms with Crippen LogP contribution in [-0.4, -0.2) is 61.4 Å². The van der Waals surface area contributed by atoms with E-state index in [0.29, 0.717) is 18.5 Å². The fourth-order valence-corrected chi connectivity index (χ4v) is 4.19. The molecule has 0 aromatic heterocycles. The number of rotatable bonds is 5. The molecule has 2 saturated heterocycles. The monoisotopic (exact) mass is 406 g/mol. The molecule has 6 nitrogen and oxygen atoms in total. The number of anilines is 2. The van der Waals surface area contributed by atoms with Gasteiger partial charge in [0.05, 0.1) is 0 Å². The lowest BCUT2D eigenvalue weighted by Gasteiger charge is -2.35. The van der Waals surface area contributed by atoms with Gasteiger partial charge in [-0.1, -0.05) is 12.1 Å². The van der Waals surface area contributed by atoms with Gasteiger partial charge in [0.15, 0.2) is 0 Å². The summed E-state index contributed by atoms with van der Waals surface area (Å²) in [6.07, 6.45) is 1.58. The van der Waals surface area contributed by atoms with Gasteiger partial charge in [0.25, 0.3) is 5.91 Å². The maximum absolute atomic E-state index is 12.7. The van der Waals surface area contributed by atoms with Gasteiger partial charge in [0, 0.05) is 62.6 Å². The van der Waals surface area contributed by atoms with Gasteiger partial charge in [-0.05, 0) is 61.9 Å². The Bertz CT molecular complexity index is 917. The van der Waals surface area contributed by atoms with Crippen LogP contribution < -0.4 is 10.2 Å². The van der Waals surface area contributed by atoms with Crippen LogP contribution in [0.3, 0.4) is 0 Å². The number of hydrogen-bond donors (Lipinski definition) is 1. The van der Waals surface area contributed by atoms with Crippen molar-refractivity contribution in [1.29, 1.82) is 0 Å². The number of amides is 2. The SMILES string of the molecule is Cc1cc(NC(=O)c2ccc(CN3CCCC3=O)cc2)ccc1N1CCN(C)CC1. The van der Waals surface area contributed by atoms with Gasteiger partial charge in [-0.25, -0.2) is 0 Å². The van der Waals surface area contributed by atoms with Crippen LogP contribution in [0.25, 0.3) is 0 Å². The predicted molar refractivity (Wildman–Crippen MR) is 120 cm³/mol. The Morgan fingerprint density at radius 3 is 2.37 bits per heavy atom. The zero-order valence-electron chi connectivity index (χ0n) is 17.9. The Balaban J connectivity index is 1.37. The lowest BCUT2D eigenvalue weighted by Crippen LogP contribution is -2.44. The molecule has 0 radical (unpaired) electrons. The van der Waals surface area contributed by atoms with Crippen LogP contribution >= 0.6 is 0 Å². The van der Waals surface area contributed by atoms with E-state index >= 15 is 0 Å². The molecule has 0 saturated carbocycles. The number of benzene rings is 2. The Labute approximate surface area is 178 Å². The highest BCUT2D eigenvalue weighted by Crippen LogP contribution is 2.25. The van der Waals surface area contributed by atoms with Crippen molar-refractivity contribution in [2.45, 2.75) is 26.3 Å². The molecule has 2 fully saturated rings. The topological polar surface area (TPSA) is 55.9 Å². The molecular weight excluding hydrogens is 376 g/mol. The molecule has 0 unspecified atom stereocenters. The smallest absolute Gasteiger partial charge is 0.255 e. The number of hydrogen-bond acceptors (Lipinski definition) is 4. The molecule has 2 aromatic rings. The number of likely N-dealkylation sites (tertiary alicyclic amines) is 1. The molecule has 2 aromatic carbocycles. The van der Waals surface area contributed by atoms with E-state index in [2.05, 4.69) is 35.2 Å². The van der Waals surface area contributed by atoms with E-state index in [9.17, 15) is 9.59 Å². The molecule has 2 aliphatic heterocycles. The van der Waals surface area contributed by atoms with Crippen LogP contribution in [0.1, 0.15) is 34.3 Å². The Hall–Kier alpha value is -2.86. The van der Waals surface area contributed by atoms with Crippen molar-refractivity contribution in [3.05, 3.63) is 59.2 Å². The molecule has 30 heavy (non-hydrogen) atoms. The number of carbonyl (C=O) groups excluding carboxylic acids is 2. The van der Waals surface area contributed by atoms with E-state index in [0.717, 1.165) is 50.4 Å². The third-order valence-electron chi connectivity index (χ3n) is 6.06. The molecule has 2 amide bonds. The van der Waals surface area contributed by atoms with Crippen LogP contribution in [0, 0.1) is 6.92 Å². The number of nitrogens with zero attached hydrogens (tertiary/aromatic N) is 3. The summed E-state index contributed by atoms with van der Waals surface area (Å²) in [4.78, 5) is 31.1. The highest BCUT2D eigenvalue weighted by molar-refractivity contribution is 6.04. The fourth-order valence-electron chi connectivity index (χ4n) is 4.19. The highest BCUT2D eigenvalue weighted by atomic mass is 16.2. The van der Waals surface area contributed by atoms with E-state index in [4.69, 9.17) is 0 Å². The second kappa shape index (κ2) is 8.88. The van der Waals surface area contributed by atoms with Crippen LogP contribution in [-0.2, 0) is 11.3 Å². The summed E-state index contributed by atoms with van der Waals surface area (Å²) in [5.41, 5.74) is 4.88. The van der Waals surface area contributed by atoms with E-state index in [1.54, 1.807) is 0 Å². The molecule has 0 spiro atoms. The first kappa shape index (κ1) is 20.4. The lowest BCUT2D eigenvalue weighted by atomic mass is 10.1. The summed E-state index contributed by atoms with van der Waals surface area (Å²) in [7, 11) is 2.15. The first-order chi connectivity index (χ1) is 14.5. The minimum Gasteiger partial charge on any atom is -0.369 e. The van der Waals surface area contributed by atoms with E-state index in [-0.39, 0.29) is 11.8 Å². The predicted octanol–water partition coefficient (Wildman–Crippen LogP) is 3.12. The molecule has 2 heterocycles. The van der Waals surface area contributed by atoms with Crippen LogP contribution in [0.15, 0.2) is 42.5 Å². The number of piperazine rings is 1. The average molecular weight is 407 g/mol. The quantitative estimate of drug-likeness (QED) is 0.829. The Morgan fingerprint density at radius 2 is 1.73 bits per heavy atom.